The summed E-state index contributed by atoms with van der Waals surface area (Å²) in [6, 6.07) is 7.60. The van der Waals surface area contributed by atoms with Gasteiger partial charge in [-0.05, 0) is 18.2 Å². The summed E-state index contributed by atoms with van der Waals surface area (Å²) in [6.07, 6.45) is 3.07. The lowest BCUT2D eigenvalue weighted by Gasteiger charge is -1.91. The van der Waals surface area contributed by atoms with Crippen molar-refractivity contribution in [3.63, 3.8) is 0 Å². The molecule has 5 heteroatoms. The molecule has 5 nitrogen and oxygen atoms in total. The van der Waals surface area contributed by atoms with Gasteiger partial charge in [-0.1, -0.05) is 0 Å². The van der Waals surface area contributed by atoms with Gasteiger partial charge in [-0.15, -0.1) is 0 Å². The largest absolute Gasteiger partial charge is 0.481 e. The van der Waals surface area contributed by atoms with Crippen LogP contribution in [0, 0.1) is 0 Å². The summed E-state index contributed by atoms with van der Waals surface area (Å²) in [5, 5.41) is 0. The van der Waals surface area contributed by atoms with E-state index in [1.165, 1.54) is 6.33 Å². The van der Waals surface area contributed by atoms with Crippen LogP contribution < -0.4 is 10.5 Å². The number of anilines is 1. The van der Waals surface area contributed by atoms with E-state index in [1.54, 1.807) is 19.4 Å². The van der Waals surface area contributed by atoms with Crippen LogP contribution in [0.25, 0.3) is 11.0 Å². The first-order valence-electron chi connectivity index (χ1n) is 4.76. The van der Waals surface area contributed by atoms with E-state index < -0.39 is 0 Å². The van der Waals surface area contributed by atoms with Gasteiger partial charge in [0.15, 0.2) is 0 Å². The molecule has 0 aromatic carbocycles. The Bertz CT molecular complexity index is 534. The molecule has 0 spiro atoms. The lowest BCUT2D eigenvalue weighted by atomic mass is 10.3. The van der Waals surface area contributed by atoms with Gasteiger partial charge in [0.25, 0.3) is 0 Å². The third-order valence-corrected chi connectivity index (χ3v) is 2.09. The highest BCUT2D eigenvalue weighted by molar-refractivity contribution is 5.81. The first-order chi connectivity index (χ1) is 7.79. The molecule has 0 radical (unpaired) electrons. The Morgan fingerprint density at radius 1 is 1.31 bits per heavy atom. The molecule has 0 aliphatic carbocycles. The molecule has 0 fully saturated rings. The number of ether oxygens (including phenoxy) is 1. The molecule has 3 aromatic rings. The summed E-state index contributed by atoms with van der Waals surface area (Å²) in [6.45, 7) is 0. The zero-order chi connectivity index (χ0) is 11.4. The average Bonchev–Trinajstić information content (AvgIpc) is 2.92. The molecule has 0 saturated carbocycles. The Labute approximate surface area is 92.6 Å². The number of hydrogen-bond acceptors (Lipinski definition) is 4. The van der Waals surface area contributed by atoms with Crippen molar-refractivity contribution < 1.29 is 4.74 Å². The van der Waals surface area contributed by atoms with Crippen LogP contribution in [0.1, 0.15) is 0 Å². The number of aromatic nitrogens is 3. The number of nitrogens with zero attached hydrogens (tertiary/aromatic N) is 2. The fraction of sp³-hybridized carbons (Fsp3) is 0.0909. The van der Waals surface area contributed by atoms with Crippen molar-refractivity contribution in [3.8, 4) is 5.88 Å². The van der Waals surface area contributed by atoms with Crippen LogP contribution in [0.4, 0.5) is 5.69 Å². The average molecular weight is 216 g/mol. The van der Waals surface area contributed by atoms with Gasteiger partial charge in [0.05, 0.1) is 18.3 Å². The Balaban J connectivity index is 0.000000120. The standard InChI is InChI=1S/C6H6N2.C5H6N2O/c7-5-3-4-1-2-6(5)8-4;1-8-5-2-3-6-4-7-5/h1-3,8H,7H2;2-4H,1H3. The van der Waals surface area contributed by atoms with E-state index in [2.05, 4.69) is 15.0 Å². The monoisotopic (exact) mass is 216 g/mol. The molecule has 0 saturated heterocycles. The van der Waals surface area contributed by atoms with Crippen LogP contribution in [0.5, 0.6) is 5.88 Å². The summed E-state index contributed by atoms with van der Waals surface area (Å²) in [5.74, 6) is 0.597. The highest BCUT2D eigenvalue weighted by atomic mass is 16.5. The molecule has 3 rings (SSSR count). The SMILES string of the molecule is COc1ccncn1.Nc1cc2ccc1[nH]2. The Kier molecular flexibility index (Phi) is 2.86. The van der Waals surface area contributed by atoms with Crippen molar-refractivity contribution in [2.75, 3.05) is 12.8 Å². The predicted molar refractivity (Wildman–Crippen MR) is 62.5 cm³/mol. The Morgan fingerprint density at radius 3 is 2.50 bits per heavy atom. The molecule has 2 bridgehead atoms. The molecular formula is C11H12N4O. The smallest absolute Gasteiger partial charge is 0.215 e. The van der Waals surface area contributed by atoms with E-state index in [0.717, 1.165) is 16.7 Å². The maximum absolute atomic E-state index is 5.51. The van der Waals surface area contributed by atoms with Gasteiger partial charge in [0.2, 0.25) is 5.88 Å². The van der Waals surface area contributed by atoms with E-state index in [0.29, 0.717) is 5.88 Å². The second-order valence-electron chi connectivity index (χ2n) is 3.18. The van der Waals surface area contributed by atoms with E-state index >= 15 is 0 Å². The number of H-pyrrole nitrogens is 1. The van der Waals surface area contributed by atoms with E-state index in [1.807, 2.05) is 18.2 Å². The molecule has 3 N–H and O–H groups in total. The van der Waals surface area contributed by atoms with Gasteiger partial charge in [-0.2, -0.15) is 0 Å². The van der Waals surface area contributed by atoms with Gasteiger partial charge < -0.3 is 15.5 Å². The highest BCUT2D eigenvalue weighted by Crippen LogP contribution is 2.18. The Morgan fingerprint density at radius 2 is 2.19 bits per heavy atom. The summed E-state index contributed by atoms with van der Waals surface area (Å²) in [4.78, 5) is 10.5. The van der Waals surface area contributed by atoms with Gasteiger partial charge >= 0.3 is 0 Å². The fourth-order valence-corrected chi connectivity index (χ4v) is 1.31. The molecule has 0 atom stereocenters. The Hall–Kier alpha value is -2.30. The summed E-state index contributed by atoms with van der Waals surface area (Å²) in [5.41, 5.74) is 8.51. The number of rotatable bonds is 1. The molecule has 82 valence electrons. The zero-order valence-corrected chi connectivity index (χ0v) is 8.84. The van der Waals surface area contributed by atoms with Crippen molar-refractivity contribution in [1.29, 1.82) is 0 Å². The van der Waals surface area contributed by atoms with Crippen LogP contribution in [0.2, 0.25) is 0 Å². The van der Waals surface area contributed by atoms with E-state index in [-0.39, 0.29) is 0 Å². The number of nitrogens with one attached hydrogen (secondary N) is 1. The van der Waals surface area contributed by atoms with Crippen LogP contribution in [-0.2, 0) is 0 Å². The van der Waals surface area contributed by atoms with Crippen molar-refractivity contribution in [3.05, 3.63) is 36.8 Å². The summed E-state index contributed by atoms with van der Waals surface area (Å²) < 4.78 is 4.76. The third-order valence-electron chi connectivity index (χ3n) is 2.09. The first-order valence-corrected chi connectivity index (χ1v) is 4.76. The normalized spacial score (nSPS) is 9.81. The van der Waals surface area contributed by atoms with Crippen molar-refractivity contribution in [2.45, 2.75) is 0 Å². The molecular weight excluding hydrogens is 204 g/mol. The minimum Gasteiger partial charge on any atom is -0.481 e. The minimum absolute atomic E-state index is 0.597. The van der Waals surface area contributed by atoms with E-state index in [9.17, 15) is 0 Å². The van der Waals surface area contributed by atoms with Crippen LogP contribution in [0.15, 0.2) is 36.8 Å². The molecule has 3 aromatic heterocycles. The second-order valence-corrected chi connectivity index (χ2v) is 3.18. The number of nitrogens with two attached hydrogens (primary N) is 1. The molecule has 3 heterocycles. The quantitative estimate of drug-likeness (QED) is 0.606. The fourth-order valence-electron chi connectivity index (χ4n) is 1.31. The number of aromatic amines is 1. The predicted octanol–water partition coefficient (Wildman–Crippen LogP) is 1.67. The topological polar surface area (TPSA) is 76.8 Å². The van der Waals surface area contributed by atoms with Gasteiger partial charge in [0, 0.05) is 17.8 Å². The van der Waals surface area contributed by atoms with Crippen LogP contribution in [-0.4, -0.2) is 22.1 Å². The van der Waals surface area contributed by atoms with E-state index in [4.69, 9.17) is 10.5 Å². The van der Waals surface area contributed by atoms with Crippen molar-refractivity contribution in [1.82, 2.24) is 15.0 Å². The van der Waals surface area contributed by atoms with Crippen LogP contribution >= 0.6 is 0 Å². The number of methoxy groups -OCH3 is 1. The number of hydrogen-bond donors (Lipinski definition) is 2. The number of fused-ring (bicyclic) bond motifs is 2. The maximum atomic E-state index is 5.51. The molecule has 0 aliphatic rings. The molecule has 0 aliphatic heterocycles. The highest BCUT2D eigenvalue weighted by Gasteiger charge is 1.96. The third kappa shape index (κ3) is 2.20. The summed E-state index contributed by atoms with van der Waals surface area (Å²) in [7, 11) is 1.57. The van der Waals surface area contributed by atoms with Crippen molar-refractivity contribution in [2.24, 2.45) is 0 Å². The van der Waals surface area contributed by atoms with Gasteiger partial charge in [-0.3, -0.25) is 0 Å². The number of benzene rings is 1. The minimum atomic E-state index is 0.597. The molecule has 16 heavy (non-hydrogen) atoms. The number of nitrogen functional groups attached to an aromatic ring is 1. The zero-order valence-electron chi connectivity index (χ0n) is 8.84. The first kappa shape index (κ1) is 10.2. The lowest BCUT2D eigenvalue weighted by molar-refractivity contribution is 0.397. The maximum Gasteiger partial charge on any atom is 0.215 e. The van der Waals surface area contributed by atoms with Gasteiger partial charge in [0.1, 0.15) is 6.33 Å². The summed E-state index contributed by atoms with van der Waals surface area (Å²) >= 11 is 0. The van der Waals surface area contributed by atoms with Crippen LogP contribution in [0.3, 0.4) is 0 Å². The van der Waals surface area contributed by atoms with Gasteiger partial charge in [-0.25, -0.2) is 9.97 Å². The molecule has 0 unspecified atom stereocenters. The lowest BCUT2D eigenvalue weighted by Crippen LogP contribution is -1.85. The molecule has 0 amide bonds. The second kappa shape index (κ2) is 4.48. The van der Waals surface area contributed by atoms with Crippen molar-refractivity contribution >= 4 is 16.7 Å².